The lowest BCUT2D eigenvalue weighted by Crippen LogP contribution is -2.08. The third-order valence-electron chi connectivity index (χ3n) is 3.07. The van der Waals surface area contributed by atoms with Crippen molar-refractivity contribution in [1.82, 2.24) is 9.78 Å². The molecule has 1 heterocycles. The molecular weight excluding hydrogens is 405 g/mol. The van der Waals surface area contributed by atoms with Gasteiger partial charge >= 0.3 is 0 Å². The van der Waals surface area contributed by atoms with Gasteiger partial charge in [0.25, 0.3) is 0 Å². The van der Waals surface area contributed by atoms with Crippen LogP contribution < -0.4 is 5.32 Å². The maximum Gasteiger partial charge on any atom is 0.0767 e. The minimum atomic E-state index is 0.695. The molecule has 0 saturated carbocycles. The highest BCUT2D eigenvalue weighted by Crippen LogP contribution is 2.28. The summed E-state index contributed by atoms with van der Waals surface area (Å²) in [6.07, 6.45) is 0.918. The molecule has 108 valence electrons. The Labute approximate surface area is 141 Å². The number of nitrogens with one attached hydrogen (secondary N) is 1. The molecule has 1 aromatic carbocycles. The summed E-state index contributed by atoms with van der Waals surface area (Å²) in [4.78, 5) is 0. The number of aryl methyl sites for hydroxylation is 2. The van der Waals surface area contributed by atoms with Crippen LogP contribution in [0.25, 0.3) is 0 Å². The molecule has 1 aromatic heterocycles. The van der Waals surface area contributed by atoms with Crippen molar-refractivity contribution in [3.8, 4) is 0 Å². The van der Waals surface area contributed by atoms with Crippen LogP contribution in [0.4, 0.5) is 5.69 Å². The molecule has 0 spiro atoms. The van der Waals surface area contributed by atoms with Crippen LogP contribution >= 0.6 is 43.5 Å². The van der Waals surface area contributed by atoms with Crippen LogP contribution in [0.2, 0.25) is 5.02 Å². The van der Waals surface area contributed by atoms with Crippen LogP contribution in [-0.4, -0.2) is 9.78 Å². The van der Waals surface area contributed by atoms with E-state index in [0.29, 0.717) is 11.6 Å². The summed E-state index contributed by atoms with van der Waals surface area (Å²) in [5, 5.41) is 8.71. The Bertz CT molecular complexity index is 611. The van der Waals surface area contributed by atoms with E-state index in [4.69, 9.17) is 11.6 Å². The van der Waals surface area contributed by atoms with Gasteiger partial charge in [0.2, 0.25) is 0 Å². The van der Waals surface area contributed by atoms with Crippen molar-refractivity contribution in [1.29, 1.82) is 0 Å². The van der Waals surface area contributed by atoms with E-state index in [1.807, 2.05) is 22.9 Å². The van der Waals surface area contributed by atoms with Crippen molar-refractivity contribution in [2.24, 2.45) is 0 Å². The number of halogens is 3. The van der Waals surface area contributed by atoms with Gasteiger partial charge in [-0.2, -0.15) is 5.10 Å². The van der Waals surface area contributed by atoms with Crippen molar-refractivity contribution < 1.29 is 0 Å². The number of nitrogens with zero attached hydrogens (tertiary/aromatic N) is 2. The first-order valence-corrected chi connectivity index (χ1v) is 8.46. The quantitative estimate of drug-likeness (QED) is 0.714. The molecule has 0 bridgehead atoms. The van der Waals surface area contributed by atoms with Gasteiger partial charge in [0.15, 0.2) is 0 Å². The number of rotatable bonds is 5. The Balaban J connectivity index is 2.22. The molecule has 3 nitrogen and oxygen atoms in total. The number of benzene rings is 1. The van der Waals surface area contributed by atoms with E-state index >= 15 is 0 Å². The highest BCUT2D eigenvalue weighted by molar-refractivity contribution is 9.11. The Morgan fingerprint density at radius 3 is 2.70 bits per heavy atom. The summed E-state index contributed by atoms with van der Waals surface area (Å²) in [5.74, 6) is 0. The summed E-state index contributed by atoms with van der Waals surface area (Å²) < 4.78 is 4.11. The molecule has 0 aliphatic heterocycles. The van der Waals surface area contributed by atoms with Crippen molar-refractivity contribution in [3.05, 3.63) is 43.6 Å². The van der Waals surface area contributed by atoms with Crippen LogP contribution in [0.3, 0.4) is 0 Å². The summed E-state index contributed by atoms with van der Waals surface area (Å²) in [6.45, 7) is 5.75. The molecule has 0 saturated heterocycles. The summed E-state index contributed by atoms with van der Waals surface area (Å²) in [7, 11) is 0. The molecule has 0 unspecified atom stereocenters. The Hall–Kier alpha value is -0.520. The molecule has 20 heavy (non-hydrogen) atoms. The predicted molar refractivity (Wildman–Crippen MR) is 91.5 cm³/mol. The summed E-state index contributed by atoms with van der Waals surface area (Å²) in [5.41, 5.74) is 3.22. The predicted octanol–water partition coefficient (Wildman–Crippen LogP) is 5.26. The molecule has 1 N–H and O–H groups in total. The third kappa shape index (κ3) is 3.38. The normalized spacial score (nSPS) is 10.8. The van der Waals surface area contributed by atoms with E-state index in [1.54, 1.807) is 0 Å². The van der Waals surface area contributed by atoms with Gasteiger partial charge in [-0.3, -0.25) is 4.68 Å². The third-order valence-corrected chi connectivity index (χ3v) is 4.91. The second kappa shape index (κ2) is 6.96. The maximum absolute atomic E-state index is 6.03. The fourth-order valence-electron chi connectivity index (χ4n) is 2.00. The SMILES string of the molecule is CCc1nn(CC)c(CNc2cc(Cl)ccc2Br)c1Br. The largest absolute Gasteiger partial charge is 0.378 e. The van der Waals surface area contributed by atoms with E-state index in [9.17, 15) is 0 Å². The van der Waals surface area contributed by atoms with Crippen LogP contribution in [0.15, 0.2) is 27.1 Å². The average molecular weight is 422 g/mol. The van der Waals surface area contributed by atoms with Crippen LogP contribution in [0.1, 0.15) is 25.2 Å². The number of hydrogen-bond acceptors (Lipinski definition) is 2. The zero-order valence-electron chi connectivity index (χ0n) is 11.4. The second-order valence-corrected chi connectivity index (χ2v) is 6.44. The van der Waals surface area contributed by atoms with Crippen LogP contribution in [-0.2, 0) is 19.5 Å². The monoisotopic (exact) mass is 419 g/mol. The van der Waals surface area contributed by atoms with Crippen molar-refractivity contribution in [2.45, 2.75) is 33.4 Å². The smallest absolute Gasteiger partial charge is 0.0767 e. The van der Waals surface area contributed by atoms with E-state index in [2.05, 4.69) is 56.1 Å². The van der Waals surface area contributed by atoms with Gasteiger partial charge in [-0.1, -0.05) is 18.5 Å². The molecule has 0 radical (unpaired) electrons. The minimum Gasteiger partial charge on any atom is -0.378 e. The molecular formula is C14H16Br2ClN3. The van der Waals surface area contributed by atoms with Crippen LogP contribution in [0.5, 0.6) is 0 Å². The zero-order chi connectivity index (χ0) is 14.7. The minimum absolute atomic E-state index is 0.695. The van der Waals surface area contributed by atoms with Gasteiger partial charge in [0, 0.05) is 16.0 Å². The molecule has 2 rings (SSSR count). The van der Waals surface area contributed by atoms with Gasteiger partial charge in [0.1, 0.15) is 0 Å². The fourth-order valence-corrected chi connectivity index (χ4v) is 3.26. The highest BCUT2D eigenvalue weighted by Gasteiger charge is 2.13. The van der Waals surface area contributed by atoms with Gasteiger partial charge in [-0.25, -0.2) is 0 Å². The van der Waals surface area contributed by atoms with E-state index in [1.165, 1.54) is 0 Å². The van der Waals surface area contributed by atoms with E-state index in [-0.39, 0.29) is 0 Å². The number of anilines is 1. The van der Waals surface area contributed by atoms with Gasteiger partial charge in [-0.05, 0) is 63.4 Å². The first-order valence-electron chi connectivity index (χ1n) is 6.49. The van der Waals surface area contributed by atoms with E-state index in [0.717, 1.165) is 39.0 Å². The lowest BCUT2D eigenvalue weighted by molar-refractivity contribution is 0.619. The molecule has 2 aromatic rings. The van der Waals surface area contributed by atoms with Gasteiger partial charge in [0.05, 0.1) is 28.1 Å². The summed E-state index contributed by atoms with van der Waals surface area (Å²) in [6, 6.07) is 5.71. The summed E-state index contributed by atoms with van der Waals surface area (Å²) >= 11 is 13.2. The number of hydrogen-bond donors (Lipinski definition) is 1. The average Bonchev–Trinajstić information content (AvgIpc) is 2.75. The first kappa shape index (κ1) is 15.9. The second-order valence-electron chi connectivity index (χ2n) is 4.35. The van der Waals surface area contributed by atoms with Crippen LogP contribution in [0, 0.1) is 0 Å². The molecule has 0 aliphatic carbocycles. The maximum atomic E-state index is 6.03. The van der Waals surface area contributed by atoms with Crippen molar-refractivity contribution >= 4 is 49.1 Å². The van der Waals surface area contributed by atoms with Gasteiger partial charge in [-0.15, -0.1) is 0 Å². The fraction of sp³-hybridized carbons (Fsp3) is 0.357. The van der Waals surface area contributed by atoms with Crippen molar-refractivity contribution in [2.75, 3.05) is 5.32 Å². The molecule has 0 atom stereocenters. The zero-order valence-corrected chi connectivity index (χ0v) is 15.3. The lowest BCUT2D eigenvalue weighted by Gasteiger charge is -2.10. The van der Waals surface area contributed by atoms with Gasteiger partial charge < -0.3 is 5.32 Å². The topological polar surface area (TPSA) is 29.9 Å². The van der Waals surface area contributed by atoms with Crippen molar-refractivity contribution in [3.63, 3.8) is 0 Å². The molecule has 0 fully saturated rings. The first-order chi connectivity index (χ1) is 9.56. The molecule has 6 heteroatoms. The molecule has 0 aliphatic rings. The highest BCUT2D eigenvalue weighted by atomic mass is 79.9. The number of aromatic nitrogens is 2. The van der Waals surface area contributed by atoms with E-state index < -0.39 is 0 Å². The Kier molecular flexibility index (Phi) is 5.52. The lowest BCUT2D eigenvalue weighted by atomic mass is 10.3. The Morgan fingerprint density at radius 2 is 2.05 bits per heavy atom. The molecule has 0 amide bonds. The standard InChI is InChI=1S/C14H16Br2ClN3/c1-3-11-14(16)13(20(4-2)19-11)8-18-12-7-9(17)5-6-10(12)15/h5-7,18H,3-4,8H2,1-2H3. The Morgan fingerprint density at radius 1 is 1.30 bits per heavy atom.